The Morgan fingerprint density at radius 1 is 0.925 bits per heavy atom. The highest BCUT2D eigenvalue weighted by Gasteiger charge is 2.27. The summed E-state index contributed by atoms with van der Waals surface area (Å²) < 4.78 is 0. The molecule has 1 aliphatic rings. The van der Waals surface area contributed by atoms with Gasteiger partial charge in [0.2, 0.25) is 0 Å². The molecular formula is C31H38N6O2S. The second kappa shape index (κ2) is 11.2. The number of fused-ring (bicyclic) bond motifs is 1. The molecule has 3 N–H and O–H groups in total. The highest BCUT2D eigenvalue weighted by atomic mass is 32.1. The molecule has 8 nitrogen and oxygen atoms in total. The van der Waals surface area contributed by atoms with E-state index >= 15 is 0 Å². The van der Waals surface area contributed by atoms with E-state index in [2.05, 4.69) is 51.4 Å². The molecule has 40 heavy (non-hydrogen) atoms. The van der Waals surface area contributed by atoms with Gasteiger partial charge in [-0.05, 0) is 63.9 Å². The number of piperazine rings is 1. The van der Waals surface area contributed by atoms with Crippen LogP contribution in [0.5, 0.6) is 0 Å². The summed E-state index contributed by atoms with van der Waals surface area (Å²) >= 11 is 1.32. The molecule has 1 fully saturated rings. The first kappa shape index (κ1) is 28.0. The van der Waals surface area contributed by atoms with Crippen LogP contribution < -0.4 is 10.6 Å². The van der Waals surface area contributed by atoms with Crippen LogP contribution in [-0.2, 0) is 12.1 Å². The van der Waals surface area contributed by atoms with E-state index in [4.69, 9.17) is 0 Å². The summed E-state index contributed by atoms with van der Waals surface area (Å²) in [5.74, 6) is 0.00991. The summed E-state index contributed by atoms with van der Waals surface area (Å²) in [6.07, 6.45) is 0. The molecule has 1 aliphatic heterocycles. The minimum absolute atomic E-state index is 0.170. The summed E-state index contributed by atoms with van der Waals surface area (Å²) in [7, 11) is 0. The number of aromatic nitrogens is 2. The molecule has 0 unspecified atom stereocenters. The molecule has 0 spiro atoms. The molecule has 2 aromatic heterocycles. The SMILES string of the molecule is CC(C)(NC(=O)c1cc2c(NC(=O)c3ccc(CN4CCN(C(C)(C)C)CC4)cc3)n[nH]c2s1)c1ccccc1. The summed E-state index contributed by atoms with van der Waals surface area (Å²) in [5, 5.41) is 14.0. The van der Waals surface area contributed by atoms with Gasteiger partial charge in [0, 0.05) is 43.8 Å². The lowest BCUT2D eigenvalue weighted by Gasteiger charge is -2.42. The van der Waals surface area contributed by atoms with E-state index in [1.54, 1.807) is 6.07 Å². The fourth-order valence-electron chi connectivity index (χ4n) is 5.07. The fraction of sp³-hybridized carbons (Fsp3) is 0.387. The van der Waals surface area contributed by atoms with Gasteiger partial charge in [-0.2, -0.15) is 5.10 Å². The zero-order valence-electron chi connectivity index (χ0n) is 23.9. The standard InChI is InChI=1S/C31H38N6O2S/c1-30(2,3)37-17-15-36(16-18-37)20-21-11-13-22(14-12-21)27(38)32-26-24-19-25(40-29(24)35-34-26)28(39)33-31(4,5)23-9-7-6-8-10-23/h6-14,19H,15-18,20H2,1-5H3,(H,33,39)(H2,32,34,35,38). The van der Waals surface area contributed by atoms with E-state index in [0.29, 0.717) is 21.6 Å². The Kier molecular flexibility index (Phi) is 7.81. The van der Waals surface area contributed by atoms with Crippen LogP contribution in [0.4, 0.5) is 5.82 Å². The third kappa shape index (κ3) is 6.27. The Morgan fingerprint density at radius 2 is 1.60 bits per heavy atom. The Hall–Kier alpha value is -3.53. The van der Waals surface area contributed by atoms with Crippen molar-refractivity contribution < 1.29 is 9.59 Å². The van der Waals surface area contributed by atoms with E-state index in [1.165, 1.54) is 16.9 Å². The second-order valence-electron chi connectivity index (χ2n) is 12.0. The van der Waals surface area contributed by atoms with E-state index in [1.807, 2.05) is 68.4 Å². The van der Waals surface area contributed by atoms with Gasteiger partial charge in [-0.3, -0.25) is 24.5 Å². The van der Waals surface area contributed by atoms with Crippen molar-refractivity contribution >= 4 is 39.2 Å². The van der Waals surface area contributed by atoms with Crippen LogP contribution in [0.15, 0.2) is 60.7 Å². The second-order valence-corrected chi connectivity index (χ2v) is 13.0. The highest BCUT2D eigenvalue weighted by molar-refractivity contribution is 7.20. The number of aromatic amines is 1. The van der Waals surface area contributed by atoms with Crippen molar-refractivity contribution in [3.8, 4) is 0 Å². The molecular weight excluding hydrogens is 520 g/mol. The van der Waals surface area contributed by atoms with Crippen LogP contribution in [0.25, 0.3) is 10.2 Å². The number of carbonyl (C=O) groups excluding carboxylic acids is 2. The fourth-order valence-corrected chi connectivity index (χ4v) is 5.97. The molecule has 9 heteroatoms. The van der Waals surface area contributed by atoms with Crippen molar-refractivity contribution in [3.63, 3.8) is 0 Å². The van der Waals surface area contributed by atoms with Crippen LogP contribution >= 0.6 is 11.3 Å². The number of H-pyrrole nitrogens is 1. The Bertz CT molecular complexity index is 1480. The number of amides is 2. The molecule has 2 amide bonds. The Balaban J connectivity index is 1.20. The van der Waals surface area contributed by atoms with Crippen LogP contribution in [-0.4, -0.2) is 63.5 Å². The molecule has 1 saturated heterocycles. The third-order valence-electron chi connectivity index (χ3n) is 7.58. The molecule has 210 valence electrons. The van der Waals surface area contributed by atoms with Gasteiger partial charge in [-0.1, -0.05) is 42.5 Å². The van der Waals surface area contributed by atoms with E-state index < -0.39 is 5.54 Å². The summed E-state index contributed by atoms with van der Waals surface area (Å²) in [6.45, 7) is 15.8. The van der Waals surface area contributed by atoms with Crippen molar-refractivity contribution in [1.29, 1.82) is 0 Å². The molecule has 0 aliphatic carbocycles. The minimum Gasteiger partial charge on any atom is -0.342 e. The number of rotatable bonds is 7. The quantitative estimate of drug-likeness (QED) is 0.280. The number of hydrogen-bond acceptors (Lipinski definition) is 6. The van der Waals surface area contributed by atoms with Gasteiger partial charge in [0.15, 0.2) is 5.82 Å². The van der Waals surface area contributed by atoms with Crippen molar-refractivity contribution in [1.82, 2.24) is 25.3 Å². The number of thiophene rings is 1. The highest BCUT2D eigenvalue weighted by Crippen LogP contribution is 2.30. The van der Waals surface area contributed by atoms with Crippen molar-refractivity contribution in [2.24, 2.45) is 0 Å². The smallest absolute Gasteiger partial charge is 0.262 e. The van der Waals surface area contributed by atoms with E-state index in [9.17, 15) is 9.59 Å². The van der Waals surface area contributed by atoms with Gasteiger partial charge in [0.25, 0.3) is 11.8 Å². The lowest BCUT2D eigenvalue weighted by Crippen LogP contribution is -2.53. The van der Waals surface area contributed by atoms with Gasteiger partial charge in [0.1, 0.15) is 4.83 Å². The minimum atomic E-state index is -0.529. The number of carbonyl (C=O) groups is 2. The predicted octanol–water partition coefficient (Wildman–Crippen LogP) is 5.46. The van der Waals surface area contributed by atoms with Gasteiger partial charge >= 0.3 is 0 Å². The largest absolute Gasteiger partial charge is 0.342 e. The van der Waals surface area contributed by atoms with Gasteiger partial charge in [0.05, 0.1) is 15.8 Å². The number of hydrogen-bond donors (Lipinski definition) is 3. The molecule has 5 rings (SSSR count). The van der Waals surface area contributed by atoms with E-state index in [-0.39, 0.29) is 17.4 Å². The maximum atomic E-state index is 13.1. The molecule has 0 atom stereocenters. The first-order valence-electron chi connectivity index (χ1n) is 13.7. The van der Waals surface area contributed by atoms with E-state index in [0.717, 1.165) is 43.1 Å². The molecule has 4 aromatic rings. The lowest BCUT2D eigenvalue weighted by molar-refractivity contribution is 0.0591. The topological polar surface area (TPSA) is 93.4 Å². The maximum Gasteiger partial charge on any atom is 0.262 e. The van der Waals surface area contributed by atoms with Crippen molar-refractivity contribution in [2.45, 2.75) is 52.2 Å². The molecule has 0 radical (unpaired) electrons. The lowest BCUT2D eigenvalue weighted by atomic mass is 9.94. The summed E-state index contributed by atoms with van der Waals surface area (Å²) in [4.78, 5) is 32.4. The average molecular weight is 559 g/mol. The molecule has 3 heterocycles. The molecule has 0 bridgehead atoms. The Labute approximate surface area is 239 Å². The first-order chi connectivity index (χ1) is 19.0. The van der Waals surface area contributed by atoms with Gasteiger partial charge in [-0.25, -0.2) is 0 Å². The average Bonchev–Trinajstić information content (AvgIpc) is 3.51. The normalized spacial score (nSPS) is 15.3. The molecule has 0 saturated carbocycles. The summed E-state index contributed by atoms with van der Waals surface area (Å²) in [5.41, 5.74) is 2.45. The van der Waals surface area contributed by atoms with Crippen LogP contribution in [0.1, 0.15) is 65.8 Å². The third-order valence-corrected chi connectivity index (χ3v) is 8.62. The maximum absolute atomic E-state index is 13.1. The number of anilines is 1. The number of benzene rings is 2. The predicted molar refractivity (Wildman–Crippen MR) is 162 cm³/mol. The van der Waals surface area contributed by atoms with Gasteiger partial charge in [-0.15, -0.1) is 11.3 Å². The zero-order chi connectivity index (χ0) is 28.5. The summed E-state index contributed by atoms with van der Waals surface area (Å²) in [6, 6.07) is 19.4. The van der Waals surface area contributed by atoms with Crippen LogP contribution in [0.3, 0.4) is 0 Å². The van der Waals surface area contributed by atoms with Crippen molar-refractivity contribution in [3.05, 3.63) is 82.2 Å². The first-order valence-corrected chi connectivity index (χ1v) is 14.5. The monoisotopic (exact) mass is 558 g/mol. The zero-order valence-corrected chi connectivity index (χ0v) is 24.7. The van der Waals surface area contributed by atoms with Crippen LogP contribution in [0, 0.1) is 0 Å². The molecule has 2 aromatic carbocycles. The number of nitrogens with zero attached hydrogens (tertiary/aromatic N) is 3. The van der Waals surface area contributed by atoms with Crippen LogP contribution in [0.2, 0.25) is 0 Å². The Morgan fingerprint density at radius 3 is 2.25 bits per heavy atom. The van der Waals surface area contributed by atoms with Gasteiger partial charge < -0.3 is 10.6 Å². The number of nitrogens with one attached hydrogen (secondary N) is 3. The van der Waals surface area contributed by atoms with Crippen molar-refractivity contribution in [2.75, 3.05) is 31.5 Å².